The van der Waals surface area contributed by atoms with Crippen molar-refractivity contribution in [2.24, 2.45) is 4.99 Å². The molecule has 6 nitrogen and oxygen atoms in total. The highest BCUT2D eigenvalue weighted by molar-refractivity contribution is 14.0. The third kappa shape index (κ3) is 8.42. The first kappa shape index (κ1) is 26.2. The summed E-state index contributed by atoms with van der Waals surface area (Å²) in [6.45, 7) is 15.8. The smallest absolute Gasteiger partial charge is 0.191 e. The Labute approximate surface area is 206 Å². The minimum Gasteiger partial charge on any atom is -0.373 e. The Morgan fingerprint density at radius 1 is 1.19 bits per heavy atom. The summed E-state index contributed by atoms with van der Waals surface area (Å²) in [5.41, 5.74) is 2.65. The van der Waals surface area contributed by atoms with Gasteiger partial charge in [-0.1, -0.05) is 12.1 Å². The highest BCUT2D eigenvalue weighted by Crippen LogP contribution is 2.24. The summed E-state index contributed by atoms with van der Waals surface area (Å²) in [7, 11) is 0. The number of aliphatic imine (C=N–C) groups is 1. The van der Waals surface area contributed by atoms with Gasteiger partial charge < -0.3 is 20.3 Å². The molecular formula is C24H42IN5O. The van der Waals surface area contributed by atoms with Crippen LogP contribution in [0.2, 0.25) is 0 Å². The number of benzene rings is 1. The highest BCUT2D eigenvalue weighted by Gasteiger charge is 2.21. The quantitative estimate of drug-likeness (QED) is 0.225. The second-order valence-electron chi connectivity index (χ2n) is 8.79. The van der Waals surface area contributed by atoms with Crippen molar-refractivity contribution in [2.75, 3.05) is 50.7 Å². The lowest BCUT2D eigenvalue weighted by Crippen LogP contribution is -2.45. The van der Waals surface area contributed by atoms with Crippen molar-refractivity contribution in [3.05, 3.63) is 29.8 Å². The molecule has 3 rings (SSSR count). The molecule has 3 unspecified atom stereocenters. The van der Waals surface area contributed by atoms with Crippen LogP contribution in [0.4, 0.5) is 5.69 Å². The molecule has 2 fully saturated rings. The van der Waals surface area contributed by atoms with E-state index in [-0.39, 0.29) is 30.0 Å². The number of nitrogens with one attached hydrogen (secondary N) is 2. The van der Waals surface area contributed by atoms with Gasteiger partial charge in [0.05, 0.1) is 18.2 Å². The summed E-state index contributed by atoms with van der Waals surface area (Å²) in [6.07, 6.45) is 4.33. The van der Waals surface area contributed by atoms with Crippen LogP contribution < -0.4 is 15.5 Å². The number of morpholine rings is 1. The van der Waals surface area contributed by atoms with Crippen LogP contribution in [-0.4, -0.2) is 68.9 Å². The third-order valence-electron chi connectivity index (χ3n) is 5.94. The van der Waals surface area contributed by atoms with E-state index in [9.17, 15) is 0 Å². The minimum absolute atomic E-state index is 0. The van der Waals surface area contributed by atoms with E-state index >= 15 is 0 Å². The average Bonchev–Trinajstić information content (AvgIpc) is 3.25. The van der Waals surface area contributed by atoms with E-state index in [4.69, 9.17) is 9.73 Å². The van der Waals surface area contributed by atoms with Crippen molar-refractivity contribution >= 4 is 35.6 Å². The van der Waals surface area contributed by atoms with Crippen LogP contribution in [0.15, 0.2) is 29.3 Å². The van der Waals surface area contributed by atoms with E-state index in [2.05, 4.69) is 72.4 Å². The molecule has 2 N–H and O–H groups in total. The van der Waals surface area contributed by atoms with Gasteiger partial charge in [-0.15, -0.1) is 24.0 Å². The maximum absolute atomic E-state index is 5.83. The molecule has 2 heterocycles. The van der Waals surface area contributed by atoms with Crippen molar-refractivity contribution in [1.82, 2.24) is 15.5 Å². The zero-order chi connectivity index (χ0) is 21.3. The summed E-state index contributed by atoms with van der Waals surface area (Å²) in [5, 5.41) is 6.99. The van der Waals surface area contributed by atoms with Crippen molar-refractivity contribution in [3.63, 3.8) is 0 Å². The molecule has 0 spiro atoms. The normalized spacial score (nSPS) is 23.4. The molecule has 0 aromatic heterocycles. The molecule has 2 aliphatic heterocycles. The molecule has 1 aromatic rings. The number of anilines is 1. The number of nitrogens with zero attached hydrogens (tertiary/aromatic N) is 3. The monoisotopic (exact) mass is 543 g/mol. The lowest BCUT2D eigenvalue weighted by Gasteiger charge is -2.35. The number of ether oxygens (including phenoxy) is 1. The van der Waals surface area contributed by atoms with Crippen LogP contribution in [0.25, 0.3) is 0 Å². The maximum atomic E-state index is 5.83. The largest absolute Gasteiger partial charge is 0.373 e. The molecule has 0 saturated carbocycles. The molecule has 0 radical (unpaired) electrons. The minimum atomic E-state index is 0. The number of hydrogen-bond donors (Lipinski definition) is 2. The lowest BCUT2D eigenvalue weighted by molar-refractivity contribution is -0.0679. The summed E-state index contributed by atoms with van der Waals surface area (Å²) >= 11 is 0. The molecule has 2 saturated heterocycles. The second-order valence-corrected chi connectivity index (χ2v) is 8.79. The number of rotatable bonds is 8. The fourth-order valence-corrected chi connectivity index (χ4v) is 4.53. The first-order valence-corrected chi connectivity index (χ1v) is 11.8. The van der Waals surface area contributed by atoms with Crippen LogP contribution in [0.3, 0.4) is 0 Å². The molecule has 176 valence electrons. The Bertz CT molecular complexity index is 670. The SMILES string of the molecule is CCNC(=NCCCN1CC(C)OC(C)C1)NC(C)c1cccc(N2CCCC2)c1.I. The van der Waals surface area contributed by atoms with Crippen LogP contribution in [0.5, 0.6) is 0 Å². The molecular weight excluding hydrogens is 501 g/mol. The van der Waals surface area contributed by atoms with Crippen LogP contribution in [0, 0.1) is 0 Å². The van der Waals surface area contributed by atoms with Gasteiger partial charge in [0, 0.05) is 51.5 Å². The molecule has 7 heteroatoms. The maximum Gasteiger partial charge on any atom is 0.191 e. The Morgan fingerprint density at radius 2 is 1.90 bits per heavy atom. The molecule has 1 aromatic carbocycles. The molecule has 2 aliphatic rings. The van der Waals surface area contributed by atoms with Gasteiger partial charge in [0.1, 0.15) is 0 Å². The average molecular weight is 544 g/mol. The van der Waals surface area contributed by atoms with E-state index in [0.29, 0.717) is 12.2 Å². The fourth-order valence-electron chi connectivity index (χ4n) is 4.53. The topological polar surface area (TPSA) is 52.1 Å². The van der Waals surface area contributed by atoms with E-state index in [0.717, 1.165) is 45.1 Å². The standard InChI is InChI=1S/C24H41N5O.HI/c1-5-25-24(26-12-9-13-28-17-19(2)30-20(3)18-28)27-21(4)22-10-8-11-23(16-22)29-14-6-7-15-29;/h8,10-11,16,19-21H,5-7,9,12-15,17-18H2,1-4H3,(H2,25,26,27);1H. The third-order valence-corrected chi connectivity index (χ3v) is 5.94. The van der Waals surface area contributed by atoms with Gasteiger partial charge in [0.15, 0.2) is 5.96 Å². The molecule has 0 bridgehead atoms. The van der Waals surface area contributed by atoms with Gasteiger partial charge in [0.2, 0.25) is 0 Å². The van der Waals surface area contributed by atoms with Gasteiger partial charge in [-0.25, -0.2) is 0 Å². The Balaban J connectivity index is 0.00000341. The molecule has 3 atom stereocenters. The predicted octanol–water partition coefficient (Wildman–Crippen LogP) is 4.02. The molecule has 0 amide bonds. The van der Waals surface area contributed by atoms with Gasteiger partial charge in [-0.3, -0.25) is 9.89 Å². The Morgan fingerprint density at radius 3 is 2.58 bits per heavy atom. The van der Waals surface area contributed by atoms with Crippen molar-refractivity contribution in [2.45, 2.75) is 65.2 Å². The van der Waals surface area contributed by atoms with E-state index in [1.165, 1.54) is 37.2 Å². The van der Waals surface area contributed by atoms with Gasteiger partial charge in [-0.05, 0) is 64.7 Å². The molecule has 0 aliphatic carbocycles. The zero-order valence-electron chi connectivity index (χ0n) is 19.8. The number of hydrogen-bond acceptors (Lipinski definition) is 4. The number of halogens is 1. The Hall–Kier alpha value is -1.06. The van der Waals surface area contributed by atoms with Gasteiger partial charge >= 0.3 is 0 Å². The van der Waals surface area contributed by atoms with Crippen LogP contribution >= 0.6 is 24.0 Å². The summed E-state index contributed by atoms with van der Waals surface area (Å²) in [5.74, 6) is 0.903. The zero-order valence-corrected chi connectivity index (χ0v) is 22.1. The molecule has 31 heavy (non-hydrogen) atoms. The second kappa shape index (κ2) is 13.5. The first-order chi connectivity index (χ1) is 14.5. The fraction of sp³-hybridized carbons (Fsp3) is 0.708. The summed E-state index contributed by atoms with van der Waals surface area (Å²) in [6, 6.07) is 9.16. The first-order valence-electron chi connectivity index (χ1n) is 11.8. The lowest BCUT2D eigenvalue weighted by atomic mass is 10.1. The van der Waals surface area contributed by atoms with Crippen LogP contribution in [0.1, 0.15) is 58.6 Å². The summed E-state index contributed by atoms with van der Waals surface area (Å²) in [4.78, 5) is 9.82. The van der Waals surface area contributed by atoms with Crippen molar-refractivity contribution < 1.29 is 4.74 Å². The van der Waals surface area contributed by atoms with Gasteiger partial charge in [-0.2, -0.15) is 0 Å². The summed E-state index contributed by atoms with van der Waals surface area (Å²) < 4.78 is 5.83. The van der Waals surface area contributed by atoms with Crippen molar-refractivity contribution in [1.29, 1.82) is 0 Å². The van der Waals surface area contributed by atoms with Crippen molar-refractivity contribution in [3.8, 4) is 0 Å². The van der Waals surface area contributed by atoms with E-state index in [1.54, 1.807) is 0 Å². The van der Waals surface area contributed by atoms with E-state index in [1.807, 2.05) is 0 Å². The van der Waals surface area contributed by atoms with E-state index < -0.39 is 0 Å². The van der Waals surface area contributed by atoms with Crippen LogP contribution in [-0.2, 0) is 4.74 Å². The number of guanidine groups is 1. The van der Waals surface area contributed by atoms with Gasteiger partial charge in [0.25, 0.3) is 0 Å². The predicted molar refractivity (Wildman–Crippen MR) is 142 cm³/mol. The highest BCUT2D eigenvalue weighted by atomic mass is 127. The Kier molecular flexibility index (Phi) is 11.4.